The first-order valence-corrected chi connectivity index (χ1v) is 4.09. The molecule has 0 aliphatic heterocycles. The van der Waals surface area contributed by atoms with Gasteiger partial charge in [0.15, 0.2) is 0 Å². The zero-order valence-corrected chi connectivity index (χ0v) is 7.34. The highest BCUT2D eigenvalue weighted by molar-refractivity contribution is 14.1. The van der Waals surface area contributed by atoms with Gasteiger partial charge in [-0.25, -0.2) is 0 Å². The maximum atomic E-state index is 2.48. The van der Waals surface area contributed by atoms with Crippen LogP contribution in [0.5, 0.6) is 0 Å². The third-order valence-corrected chi connectivity index (χ3v) is 3.67. The van der Waals surface area contributed by atoms with E-state index in [4.69, 9.17) is 0 Å². The van der Waals surface area contributed by atoms with Gasteiger partial charge < -0.3 is 0 Å². The highest BCUT2D eigenvalue weighted by atomic mass is 127. The molecule has 0 radical (unpaired) electrons. The summed E-state index contributed by atoms with van der Waals surface area (Å²) in [7, 11) is 0. The Morgan fingerprint density at radius 2 is 2.33 bits per heavy atom. The molecule has 2 rings (SSSR count). The average molecular weight is 230 g/mol. The summed E-state index contributed by atoms with van der Waals surface area (Å²) in [6.45, 7) is 2.18. The van der Waals surface area contributed by atoms with Crippen molar-refractivity contribution in [2.45, 2.75) is 10.3 Å². The molecule has 2 aliphatic carbocycles. The predicted octanol–water partition coefficient (Wildman–Crippen LogP) is 2.62. The van der Waals surface area contributed by atoms with Crippen LogP contribution in [0.15, 0.2) is 35.5 Å². The van der Waals surface area contributed by atoms with Gasteiger partial charge in [-0.1, -0.05) is 46.9 Å². The minimum atomic E-state index is 0.340. The molecular formula is C8H7I. The summed E-state index contributed by atoms with van der Waals surface area (Å²) in [4.78, 5) is 0. The Bertz CT molecular complexity index is 245. The fraction of sp³-hybridized carbons (Fsp3) is 0.250. The standard InChI is InChI=1S/C8H7I/c1-6-3-2-4-7-5-8(6,7)9/h2-5H,1H3. The molecule has 1 unspecified atom stereocenters. The van der Waals surface area contributed by atoms with Crippen LogP contribution in [0.3, 0.4) is 0 Å². The van der Waals surface area contributed by atoms with Crippen LogP contribution < -0.4 is 0 Å². The lowest BCUT2D eigenvalue weighted by molar-refractivity contribution is 1.16. The van der Waals surface area contributed by atoms with Gasteiger partial charge >= 0.3 is 0 Å². The van der Waals surface area contributed by atoms with Crippen LogP contribution in [0.4, 0.5) is 0 Å². The molecule has 0 aromatic rings. The summed E-state index contributed by atoms with van der Waals surface area (Å²) >= 11 is 2.48. The van der Waals surface area contributed by atoms with Crippen LogP contribution in [0, 0.1) is 0 Å². The molecule has 0 bridgehead atoms. The van der Waals surface area contributed by atoms with Crippen LogP contribution >= 0.6 is 22.6 Å². The first-order valence-electron chi connectivity index (χ1n) is 3.01. The number of rotatable bonds is 0. The molecule has 0 spiro atoms. The zero-order chi connectivity index (χ0) is 6.48. The Balaban J connectivity index is 2.43. The van der Waals surface area contributed by atoms with Gasteiger partial charge in [-0.2, -0.15) is 0 Å². The minimum absolute atomic E-state index is 0.340. The Morgan fingerprint density at radius 1 is 1.56 bits per heavy atom. The molecule has 2 aliphatic rings. The highest BCUT2D eigenvalue weighted by Crippen LogP contribution is 2.51. The molecule has 0 aromatic heterocycles. The SMILES string of the molecule is CC1=CC=CC2=CC12I. The Kier molecular flexibility index (Phi) is 0.958. The van der Waals surface area contributed by atoms with E-state index in [0.29, 0.717) is 3.42 Å². The van der Waals surface area contributed by atoms with Gasteiger partial charge in [0.1, 0.15) is 0 Å². The quantitative estimate of drug-likeness (QED) is 0.443. The number of fused-ring (bicyclic) bond motifs is 1. The molecule has 0 N–H and O–H groups in total. The van der Waals surface area contributed by atoms with Crippen LogP contribution in [0.1, 0.15) is 6.92 Å². The van der Waals surface area contributed by atoms with Gasteiger partial charge in [0, 0.05) is 0 Å². The van der Waals surface area contributed by atoms with Crippen molar-refractivity contribution in [1.29, 1.82) is 0 Å². The second kappa shape index (κ2) is 1.51. The lowest BCUT2D eigenvalue weighted by Crippen LogP contribution is -2.05. The van der Waals surface area contributed by atoms with E-state index in [1.807, 2.05) is 0 Å². The summed E-state index contributed by atoms with van der Waals surface area (Å²) in [5.41, 5.74) is 2.93. The van der Waals surface area contributed by atoms with Gasteiger partial charge in [0.2, 0.25) is 0 Å². The van der Waals surface area contributed by atoms with E-state index < -0.39 is 0 Å². The Hall–Kier alpha value is -0.0500. The molecule has 0 aromatic carbocycles. The fourth-order valence-corrected chi connectivity index (χ4v) is 1.80. The first-order chi connectivity index (χ1) is 4.23. The zero-order valence-electron chi connectivity index (χ0n) is 5.19. The Labute approximate surface area is 68.5 Å². The van der Waals surface area contributed by atoms with E-state index in [9.17, 15) is 0 Å². The van der Waals surface area contributed by atoms with Crippen LogP contribution in [-0.2, 0) is 0 Å². The van der Waals surface area contributed by atoms with Crippen LogP contribution in [-0.4, -0.2) is 3.42 Å². The molecular weight excluding hydrogens is 223 g/mol. The first kappa shape index (κ1) is 5.71. The third-order valence-electron chi connectivity index (χ3n) is 1.89. The number of hydrogen-bond donors (Lipinski definition) is 0. The molecule has 0 saturated carbocycles. The second-order valence-electron chi connectivity index (χ2n) is 2.52. The van der Waals surface area contributed by atoms with Crippen molar-refractivity contribution in [1.82, 2.24) is 0 Å². The van der Waals surface area contributed by atoms with Crippen molar-refractivity contribution in [3.8, 4) is 0 Å². The van der Waals surface area contributed by atoms with Crippen molar-refractivity contribution < 1.29 is 0 Å². The van der Waals surface area contributed by atoms with E-state index in [2.05, 4.69) is 53.8 Å². The number of allylic oxidation sites excluding steroid dienone is 6. The number of hydrogen-bond acceptors (Lipinski definition) is 0. The molecule has 46 valence electrons. The molecule has 1 heteroatoms. The van der Waals surface area contributed by atoms with Gasteiger partial charge in [0.25, 0.3) is 0 Å². The van der Waals surface area contributed by atoms with Crippen molar-refractivity contribution in [2.24, 2.45) is 0 Å². The van der Waals surface area contributed by atoms with Crippen molar-refractivity contribution in [3.05, 3.63) is 35.5 Å². The third kappa shape index (κ3) is 0.641. The van der Waals surface area contributed by atoms with E-state index in [-0.39, 0.29) is 0 Å². The summed E-state index contributed by atoms with van der Waals surface area (Å²) in [5, 5.41) is 0. The fourth-order valence-electron chi connectivity index (χ4n) is 1.11. The average Bonchev–Trinajstić information content (AvgIpc) is 2.44. The molecule has 0 heterocycles. The predicted molar refractivity (Wildman–Crippen MR) is 47.7 cm³/mol. The summed E-state index contributed by atoms with van der Waals surface area (Å²) in [6.07, 6.45) is 8.77. The largest absolute Gasteiger partial charge is 0.0863 e. The van der Waals surface area contributed by atoms with Crippen molar-refractivity contribution >= 4 is 22.6 Å². The molecule has 0 saturated heterocycles. The van der Waals surface area contributed by atoms with Crippen molar-refractivity contribution in [3.63, 3.8) is 0 Å². The normalized spacial score (nSPS) is 37.1. The Morgan fingerprint density at radius 3 is 2.89 bits per heavy atom. The highest BCUT2D eigenvalue weighted by Gasteiger charge is 2.42. The lowest BCUT2D eigenvalue weighted by Gasteiger charge is -2.11. The maximum Gasteiger partial charge on any atom is 0.0863 e. The van der Waals surface area contributed by atoms with E-state index >= 15 is 0 Å². The van der Waals surface area contributed by atoms with Gasteiger partial charge in [0.05, 0.1) is 3.42 Å². The molecule has 0 nitrogen and oxygen atoms in total. The smallest absolute Gasteiger partial charge is 0.0641 e. The van der Waals surface area contributed by atoms with Crippen LogP contribution in [0.2, 0.25) is 0 Å². The molecule has 9 heavy (non-hydrogen) atoms. The van der Waals surface area contributed by atoms with Gasteiger partial charge in [-0.15, -0.1) is 0 Å². The van der Waals surface area contributed by atoms with Gasteiger partial charge in [-0.3, -0.25) is 0 Å². The summed E-state index contributed by atoms with van der Waals surface area (Å²) in [5.74, 6) is 0. The van der Waals surface area contributed by atoms with Crippen molar-refractivity contribution in [2.75, 3.05) is 0 Å². The molecule has 0 fully saturated rings. The topological polar surface area (TPSA) is 0 Å². The number of halogens is 1. The summed E-state index contributed by atoms with van der Waals surface area (Å²) < 4.78 is 0.340. The maximum absolute atomic E-state index is 2.48. The van der Waals surface area contributed by atoms with Crippen LogP contribution in [0.25, 0.3) is 0 Å². The minimum Gasteiger partial charge on any atom is -0.0641 e. The van der Waals surface area contributed by atoms with E-state index in [1.165, 1.54) is 11.1 Å². The summed E-state index contributed by atoms with van der Waals surface area (Å²) in [6, 6.07) is 0. The van der Waals surface area contributed by atoms with E-state index in [0.717, 1.165) is 0 Å². The van der Waals surface area contributed by atoms with Gasteiger partial charge in [-0.05, 0) is 18.1 Å². The van der Waals surface area contributed by atoms with E-state index in [1.54, 1.807) is 0 Å². The number of alkyl halides is 1. The molecule has 1 atom stereocenters. The second-order valence-corrected chi connectivity index (χ2v) is 4.22. The monoisotopic (exact) mass is 230 g/mol. The molecule has 0 amide bonds. The lowest BCUT2D eigenvalue weighted by atomic mass is 10.1.